The number of likely N-dealkylation sites (tertiary alicyclic amines) is 1. The van der Waals surface area contributed by atoms with Crippen LogP contribution in [0.4, 0.5) is 4.39 Å². The standard InChI is InChI=1S/C27H28FN3O2/c1-18-16-30(17-29-18)24-12-5-19(15-25(24)33-2)14-22-4-3-13-31(27(22)32)26(20-6-7-20)21-8-10-23(28)11-9-21/h5,8-12,14-17,20,26H,3-4,6-7,13H2,1-2H3/b22-14+. The zero-order chi connectivity index (χ0) is 22.9. The summed E-state index contributed by atoms with van der Waals surface area (Å²) in [7, 11) is 1.65. The number of aryl methyl sites for hydroxylation is 1. The van der Waals surface area contributed by atoms with E-state index in [4.69, 9.17) is 4.74 Å². The lowest BCUT2D eigenvalue weighted by atomic mass is 9.94. The largest absolute Gasteiger partial charge is 0.495 e. The van der Waals surface area contributed by atoms with Crippen molar-refractivity contribution in [3.8, 4) is 11.4 Å². The van der Waals surface area contributed by atoms with Gasteiger partial charge in [-0.3, -0.25) is 4.79 Å². The number of hydrogen-bond donors (Lipinski definition) is 0. The van der Waals surface area contributed by atoms with E-state index >= 15 is 0 Å². The van der Waals surface area contributed by atoms with Gasteiger partial charge in [-0.1, -0.05) is 18.2 Å². The van der Waals surface area contributed by atoms with Crippen molar-refractivity contribution >= 4 is 12.0 Å². The quantitative estimate of drug-likeness (QED) is 0.472. The first-order valence-electron chi connectivity index (χ1n) is 11.5. The van der Waals surface area contributed by atoms with Crippen molar-refractivity contribution in [2.45, 2.75) is 38.6 Å². The lowest BCUT2D eigenvalue weighted by molar-refractivity contribution is -0.131. The number of carbonyl (C=O) groups is 1. The molecule has 170 valence electrons. The number of rotatable bonds is 6. The summed E-state index contributed by atoms with van der Waals surface area (Å²) >= 11 is 0. The SMILES string of the molecule is COc1cc(/C=C2\CCCN(C(c3ccc(F)cc3)C3CC3)C2=O)ccc1-n1cnc(C)c1. The average Bonchev–Trinajstić information content (AvgIpc) is 3.56. The van der Waals surface area contributed by atoms with Crippen LogP contribution in [0.2, 0.25) is 0 Å². The highest BCUT2D eigenvalue weighted by Crippen LogP contribution is 2.46. The maximum atomic E-state index is 13.5. The average molecular weight is 446 g/mol. The van der Waals surface area contributed by atoms with Gasteiger partial charge in [0.05, 0.1) is 30.9 Å². The summed E-state index contributed by atoms with van der Waals surface area (Å²) in [6.07, 6.45) is 9.59. The van der Waals surface area contributed by atoms with Crippen molar-refractivity contribution < 1.29 is 13.9 Å². The molecule has 2 fully saturated rings. The Kier molecular flexibility index (Phi) is 5.75. The molecule has 1 saturated carbocycles. The minimum atomic E-state index is -0.248. The second kappa shape index (κ2) is 8.85. The Morgan fingerprint density at radius 3 is 2.64 bits per heavy atom. The van der Waals surface area contributed by atoms with Gasteiger partial charge in [-0.2, -0.15) is 0 Å². The third kappa shape index (κ3) is 4.42. The molecule has 6 heteroatoms. The van der Waals surface area contributed by atoms with Gasteiger partial charge >= 0.3 is 0 Å². The number of ether oxygens (including phenoxy) is 1. The van der Waals surface area contributed by atoms with Gasteiger partial charge in [-0.15, -0.1) is 0 Å². The normalized spacial score (nSPS) is 18.6. The molecule has 5 nitrogen and oxygen atoms in total. The summed E-state index contributed by atoms with van der Waals surface area (Å²) in [6.45, 7) is 2.68. The van der Waals surface area contributed by atoms with Gasteiger partial charge in [-0.05, 0) is 80.0 Å². The minimum absolute atomic E-state index is 0.0168. The van der Waals surface area contributed by atoms with E-state index in [1.807, 2.05) is 59.0 Å². The molecule has 1 unspecified atom stereocenters. The molecule has 2 aromatic carbocycles. The van der Waals surface area contributed by atoms with Crippen LogP contribution in [0.5, 0.6) is 5.75 Å². The molecule has 1 aromatic heterocycles. The zero-order valence-corrected chi connectivity index (χ0v) is 19.0. The van der Waals surface area contributed by atoms with Crippen molar-refractivity contribution in [1.82, 2.24) is 14.5 Å². The molecule has 1 aliphatic carbocycles. The lowest BCUT2D eigenvalue weighted by Gasteiger charge is -2.36. The number of nitrogens with zero attached hydrogens (tertiary/aromatic N) is 3. The number of benzene rings is 2. The molecule has 33 heavy (non-hydrogen) atoms. The summed E-state index contributed by atoms with van der Waals surface area (Å²) in [6, 6.07) is 12.6. The first-order valence-corrected chi connectivity index (χ1v) is 11.5. The Morgan fingerprint density at radius 2 is 1.97 bits per heavy atom. The van der Waals surface area contributed by atoms with Crippen LogP contribution in [0, 0.1) is 18.7 Å². The van der Waals surface area contributed by atoms with Crippen LogP contribution < -0.4 is 4.74 Å². The highest BCUT2D eigenvalue weighted by Gasteiger charge is 2.40. The number of carbonyl (C=O) groups excluding carboxylic acids is 1. The van der Waals surface area contributed by atoms with Crippen LogP contribution in [0.25, 0.3) is 11.8 Å². The molecule has 1 saturated heterocycles. The highest BCUT2D eigenvalue weighted by molar-refractivity contribution is 5.99. The summed E-state index contributed by atoms with van der Waals surface area (Å²) in [5.41, 5.74) is 4.60. The topological polar surface area (TPSA) is 47.4 Å². The van der Waals surface area contributed by atoms with E-state index in [1.54, 1.807) is 13.4 Å². The third-order valence-electron chi connectivity index (χ3n) is 6.53. The van der Waals surface area contributed by atoms with Crippen LogP contribution in [0.3, 0.4) is 0 Å². The molecule has 3 aromatic rings. The molecular weight excluding hydrogens is 417 g/mol. The number of halogens is 1. The summed E-state index contributed by atoms with van der Waals surface area (Å²) in [4.78, 5) is 19.8. The summed E-state index contributed by atoms with van der Waals surface area (Å²) < 4.78 is 21.0. The molecule has 0 spiro atoms. The number of aromatic nitrogens is 2. The van der Waals surface area contributed by atoms with Crippen LogP contribution in [0.15, 0.2) is 60.6 Å². The van der Waals surface area contributed by atoms with Gasteiger partial charge in [0.15, 0.2) is 0 Å². The van der Waals surface area contributed by atoms with E-state index in [0.29, 0.717) is 5.92 Å². The molecule has 1 amide bonds. The fraction of sp³-hybridized carbons (Fsp3) is 0.333. The number of imidazole rings is 1. The summed E-state index contributed by atoms with van der Waals surface area (Å²) in [5, 5.41) is 0. The van der Waals surface area contributed by atoms with Gasteiger partial charge in [0, 0.05) is 18.3 Å². The maximum Gasteiger partial charge on any atom is 0.250 e. The zero-order valence-electron chi connectivity index (χ0n) is 19.0. The predicted octanol–water partition coefficient (Wildman–Crippen LogP) is 5.49. The maximum absolute atomic E-state index is 13.5. The number of amides is 1. The highest BCUT2D eigenvalue weighted by atomic mass is 19.1. The number of hydrogen-bond acceptors (Lipinski definition) is 3. The Labute approximate surface area is 193 Å². The summed E-state index contributed by atoms with van der Waals surface area (Å²) in [5.74, 6) is 1.01. The molecule has 2 heterocycles. The Balaban J connectivity index is 1.43. The Bertz CT molecular complexity index is 1190. The number of methoxy groups -OCH3 is 1. The fourth-order valence-corrected chi connectivity index (χ4v) is 4.76. The van der Waals surface area contributed by atoms with Gasteiger partial charge < -0.3 is 14.2 Å². The van der Waals surface area contributed by atoms with Crippen molar-refractivity contribution in [1.29, 1.82) is 0 Å². The van der Waals surface area contributed by atoms with E-state index in [-0.39, 0.29) is 17.8 Å². The second-order valence-electron chi connectivity index (χ2n) is 8.96. The van der Waals surface area contributed by atoms with Gasteiger partial charge in [0.25, 0.3) is 0 Å². The van der Waals surface area contributed by atoms with E-state index in [0.717, 1.165) is 66.1 Å². The van der Waals surface area contributed by atoms with Crippen LogP contribution >= 0.6 is 0 Å². The van der Waals surface area contributed by atoms with Gasteiger partial charge in [0.2, 0.25) is 5.91 Å². The molecule has 0 bridgehead atoms. The monoisotopic (exact) mass is 445 g/mol. The van der Waals surface area contributed by atoms with Crippen molar-refractivity contribution in [3.63, 3.8) is 0 Å². The molecule has 2 aliphatic rings. The van der Waals surface area contributed by atoms with Gasteiger partial charge in [0.1, 0.15) is 11.6 Å². The first-order chi connectivity index (χ1) is 16.0. The van der Waals surface area contributed by atoms with E-state index < -0.39 is 0 Å². The molecule has 1 atom stereocenters. The van der Waals surface area contributed by atoms with Gasteiger partial charge in [-0.25, -0.2) is 9.37 Å². The number of piperidine rings is 1. The Morgan fingerprint density at radius 1 is 1.18 bits per heavy atom. The van der Waals surface area contributed by atoms with Crippen LogP contribution in [-0.4, -0.2) is 34.0 Å². The predicted molar refractivity (Wildman–Crippen MR) is 126 cm³/mol. The second-order valence-corrected chi connectivity index (χ2v) is 8.96. The van der Waals surface area contributed by atoms with Crippen molar-refractivity contribution in [3.05, 3.63) is 83.2 Å². The third-order valence-corrected chi connectivity index (χ3v) is 6.53. The van der Waals surface area contributed by atoms with Crippen molar-refractivity contribution in [2.75, 3.05) is 13.7 Å². The fourth-order valence-electron chi connectivity index (χ4n) is 4.76. The van der Waals surface area contributed by atoms with E-state index in [2.05, 4.69) is 4.98 Å². The Hall–Kier alpha value is -3.41. The molecular formula is C27H28FN3O2. The van der Waals surface area contributed by atoms with E-state index in [9.17, 15) is 9.18 Å². The molecule has 0 radical (unpaired) electrons. The van der Waals surface area contributed by atoms with Crippen molar-refractivity contribution in [2.24, 2.45) is 5.92 Å². The van der Waals surface area contributed by atoms with E-state index in [1.165, 1.54) is 12.1 Å². The molecule has 0 N–H and O–H groups in total. The van der Waals surface area contributed by atoms with Crippen LogP contribution in [-0.2, 0) is 4.79 Å². The smallest absolute Gasteiger partial charge is 0.250 e. The molecule has 5 rings (SSSR count). The minimum Gasteiger partial charge on any atom is -0.495 e. The molecule has 1 aliphatic heterocycles. The first kappa shape index (κ1) is 21.4. The van der Waals surface area contributed by atoms with Crippen LogP contribution in [0.1, 0.15) is 48.5 Å². The lowest BCUT2D eigenvalue weighted by Crippen LogP contribution is -2.40.